The van der Waals surface area contributed by atoms with Gasteiger partial charge in [0.15, 0.2) is 0 Å². The zero-order valence-corrected chi connectivity index (χ0v) is 11.1. The van der Waals surface area contributed by atoms with Crippen molar-refractivity contribution in [2.45, 2.75) is 44.6 Å². The third-order valence-electron chi connectivity index (χ3n) is 2.73. The molecule has 0 aliphatic rings. The van der Waals surface area contributed by atoms with E-state index in [0.717, 1.165) is 17.5 Å². The Labute approximate surface area is 103 Å². The van der Waals surface area contributed by atoms with Crippen molar-refractivity contribution < 1.29 is 0 Å². The fourth-order valence-electron chi connectivity index (χ4n) is 1.58. The first-order chi connectivity index (χ1) is 7.86. The summed E-state index contributed by atoms with van der Waals surface area (Å²) < 4.78 is 3.42. The molecular formula is C13H22N2S. The summed E-state index contributed by atoms with van der Waals surface area (Å²) in [7, 11) is 0. The molecule has 0 saturated carbocycles. The summed E-state index contributed by atoms with van der Waals surface area (Å²) in [5.41, 5.74) is 0. The average Bonchev–Trinajstić information content (AvgIpc) is 2.35. The van der Waals surface area contributed by atoms with E-state index in [-0.39, 0.29) is 0 Å². The fraction of sp³-hybridized carbons (Fsp3) is 0.615. The Bertz CT molecular complexity index is 264. The van der Waals surface area contributed by atoms with Crippen LogP contribution in [0, 0.1) is 5.92 Å². The zero-order chi connectivity index (χ0) is 11.6. The number of rotatable bonds is 8. The van der Waals surface area contributed by atoms with Gasteiger partial charge in [0.05, 0.1) is 0 Å². The van der Waals surface area contributed by atoms with Gasteiger partial charge in [0, 0.05) is 12.7 Å². The van der Waals surface area contributed by atoms with E-state index in [0.29, 0.717) is 0 Å². The Morgan fingerprint density at radius 2 is 2.25 bits per heavy atom. The molecular weight excluding hydrogens is 216 g/mol. The lowest BCUT2D eigenvalue weighted by molar-refractivity contribution is 0.451. The molecule has 1 rings (SSSR count). The van der Waals surface area contributed by atoms with Crippen LogP contribution < -0.4 is 4.72 Å². The van der Waals surface area contributed by atoms with E-state index in [1.54, 1.807) is 11.9 Å². The SMILES string of the molecule is CCCCC(CC)CNSc1ccccn1. The molecule has 1 unspecified atom stereocenters. The van der Waals surface area contributed by atoms with Crippen LogP contribution in [-0.2, 0) is 0 Å². The molecule has 0 aliphatic heterocycles. The van der Waals surface area contributed by atoms with Gasteiger partial charge in [-0.15, -0.1) is 0 Å². The van der Waals surface area contributed by atoms with E-state index >= 15 is 0 Å². The summed E-state index contributed by atoms with van der Waals surface area (Å²) in [4.78, 5) is 4.26. The standard InChI is InChI=1S/C13H22N2S/c1-3-5-8-12(4-2)11-15-16-13-9-6-7-10-14-13/h6-7,9-10,12,15H,3-5,8,11H2,1-2H3. The highest BCUT2D eigenvalue weighted by atomic mass is 32.2. The van der Waals surface area contributed by atoms with E-state index < -0.39 is 0 Å². The maximum atomic E-state index is 4.26. The Morgan fingerprint density at radius 1 is 1.38 bits per heavy atom. The third-order valence-corrected chi connectivity index (χ3v) is 3.49. The molecule has 1 aromatic heterocycles. The lowest BCUT2D eigenvalue weighted by Crippen LogP contribution is -2.16. The first kappa shape index (κ1) is 13.5. The molecule has 1 N–H and O–H groups in total. The van der Waals surface area contributed by atoms with Crippen molar-refractivity contribution in [2.75, 3.05) is 6.54 Å². The molecule has 2 nitrogen and oxygen atoms in total. The molecule has 0 radical (unpaired) electrons. The number of nitrogens with zero attached hydrogens (tertiary/aromatic N) is 1. The van der Waals surface area contributed by atoms with Crippen LogP contribution in [0.3, 0.4) is 0 Å². The van der Waals surface area contributed by atoms with Crippen LogP contribution >= 0.6 is 11.9 Å². The lowest BCUT2D eigenvalue weighted by Gasteiger charge is -2.14. The van der Waals surface area contributed by atoms with Crippen molar-refractivity contribution >= 4 is 11.9 Å². The van der Waals surface area contributed by atoms with Gasteiger partial charge >= 0.3 is 0 Å². The Kier molecular flexibility index (Phi) is 7.26. The Hall–Kier alpha value is -0.540. The van der Waals surface area contributed by atoms with Crippen LogP contribution in [0.15, 0.2) is 29.4 Å². The summed E-state index contributed by atoms with van der Waals surface area (Å²) in [5, 5.41) is 1.05. The highest BCUT2D eigenvalue weighted by Crippen LogP contribution is 2.15. The van der Waals surface area contributed by atoms with E-state index in [9.17, 15) is 0 Å². The van der Waals surface area contributed by atoms with Crippen molar-refractivity contribution in [3.05, 3.63) is 24.4 Å². The van der Waals surface area contributed by atoms with Crippen LogP contribution in [0.5, 0.6) is 0 Å². The zero-order valence-electron chi connectivity index (χ0n) is 10.3. The second kappa shape index (κ2) is 8.59. The number of nitrogens with one attached hydrogen (secondary N) is 1. The quantitative estimate of drug-likeness (QED) is 0.695. The van der Waals surface area contributed by atoms with Crippen molar-refractivity contribution in [1.29, 1.82) is 0 Å². The predicted molar refractivity (Wildman–Crippen MR) is 71.4 cm³/mol. The Morgan fingerprint density at radius 3 is 2.88 bits per heavy atom. The van der Waals surface area contributed by atoms with Crippen LogP contribution in [0.4, 0.5) is 0 Å². The number of aromatic nitrogens is 1. The van der Waals surface area contributed by atoms with Gasteiger partial charge in [0.1, 0.15) is 5.03 Å². The van der Waals surface area contributed by atoms with Crippen molar-refractivity contribution in [1.82, 2.24) is 9.71 Å². The summed E-state index contributed by atoms with van der Waals surface area (Å²) in [6.45, 7) is 5.61. The lowest BCUT2D eigenvalue weighted by atomic mass is 10.00. The molecule has 1 heterocycles. The van der Waals surface area contributed by atoms with Crippen LogP contribution in [0.2, 0.25) is 0 Å². The predicted octanol–water partition coefficient (Wildman–Crippen LogP) is 3.89. The molecule has 3 heteroatoms. The van der Waals surface area contributed by atoms with E-state index in [2.05, 4.69) is 23.6 Å². The monoisotopic (exact) mass is 238 g/mol. The Balaban J connectivity index is 2.18. The molecule has 0 spiro atoms. The molecule has 16 heavy (non-hydrogen) atoms. The molecule has 1 atom stereocenters. The maximum Gasteiger partial charge on any atom is 0.111 e. The molecule has 90 valence electrons. The second-order valence-electron chi connectivity index (χ2n) is 4.04. The minimum Gasteiger partial charge on any atom is -0.258 e. The summed E-state index contributed by atoms with van der Waals surface area (Å²) >= 11 is 1.64. The first-order valence-electron chi connectivity index (χ1n) is 6.17. The molecule has 0 aromatic carbocycles. The number of hydrogen-bond donors (Lipinski definition) is 1. The number of unbranched alkanes of at least 4 members (excludes halogenated alkanes) is 1. The van der Waals surface area contributed by atoms with E-state index in [1.807, 2.05) is 24.4 Å². The number of pyridine rings is 1. The fourth-order valence-corrected chi connectivity index (χ4v) is 2.31. The van der Waals surface area contributed by atoms with Crippen molar-refractivity contribution in [3.8, 4) is 0 Å². The smallest absolute Gasteiger partial charge is 0.111 e. The van der Waals surface area contributed by atoms with Gasteiger partial charge in [-0.2, -0.15) is 0 Å². The first-order valence-corrected chi connectivity index (χ1v) is 6.99. The van der Waals surface area contributed by atoms with E-state index in [4.69, 9.17) is 0 Å². The van der Waals surface area contributed by atoms with Gasteiger partial charge in [-0.25, -0.2) is 4.98 Å². The summed E-state index contributed by atoms with van der Waals surface area (Å²) in [6, 6.07) is 6.00. The number of hydrogen-bond acceptors (Lipinski definition) is 3. The van der Waals surface area contributed by atoms with Crippen LogP contribution in [0.25, 0.3) is 0 Å². The molecule has 0 fully saturated rings. The van der Waals surface area contributed by atoms with Gasteiger partial charge < -0.3 is 0 Å². The third kappa shape index (κ3) is 5.52. The maximum absolute atomic E-state index is 4.26. The van der Waals surface area contributed by atoms with E-state index in [1.165, 1.54) is 25.7 Å². The molecule has 1 aromatic rings. The summed E-state index contributed by atoms with van der Waals surface area (Å²) in [6.07, 6.45) is 7.06. The van der Waals surface area contributed by atoms with Gasteiger partial charge in [0.25, 0.3) is 0 Å². The van der Waals surface area contributed by atoms with Crippen LogP contribution in [-0.4, -0.2) is 11.5 Å². The second-order valence-corrected chi connectivity index (χ2v) is 4.95. The molecule has 0 amide bonds. The van der Waals surface area contributed by atoms with Gasteiger partial charge in [0.2, 0.25) is 0 Å². The molecule has 0 saturated heterocycles. The van der Waals surface area contributed by atoms with Gasteiger partial charge in [-0.1, -0.05) is 39.2 Å². The van der Waals surface area contributed by atoms with Crippen molar-refractivity contribution in [2.24, 2.45) is 5.92 Å². The van der Waals surface area contributed by atoms with Crippen molar-refractivity contribution in [3.63, 3.8) is 0 Å². The minimum atomic E-state index is 0.802. The molecule has 0 aliphatic carbocycles. The highest BCUT2D eigenvalue weighted by Gasteiger charge is 2.05. The molecule has 0 bridgehead atoms. The normalized spacial score (nSPS) is 12.6. The largest absolute Gasteiger partial charge is 0.258 e. The van der Waals surface area contributed by atoms with Gasteiger partial charge in [-0.05, 0) is 36.4 Å². The minimum absolute atomic E-state index is 0.802. The average molecular weight is 238 g/mol. The highest BCUT2D eigenvalue weighted by molar-refractivity contribution is 7.97. The van der Waals surface area contributed by atoms with Gasteiger partial charge in [-0.3, -0.25) is 4.72 Å². The summed E-state index contributed by atoms with van der Waals surface area (Å²) in [5.74, 6) is 0.802. The topological polar surface area (TPSA) is 24.9 Å². The van der Waals surface area contributed by atoms with Crippen LogP contribution in [0.1, 0.15) is 39.5 Å².